The molecule has 0 heterocycles. The van der Waals surface area contributed by atoms with E-state index in [1.54, 1.807) is 9.80 Å². The average Bonchev–Trinajstić information content (AvgIpc) is 2.86. The van der Waals surface area contributed by atoms with E-state index >= 15 is 0 Å². The van der Waals surface area contributed by atoms with Crippen LogP contribution in [0.4, 0.5) is 4.79 Å². The van der Waals surface area contributed by atoms with Crippen LogP contribution in [0.3, 0.4) is 0 Å². The van der Waals surface area contributed by atoms with Gasteiger partial charge in [-0.2, -0.15) is 0 Å². The van der Waals surface area contributed by atoms with Crippen molar-refractivity contribution >= 4 is 43.9 Å². The van der Waals surface area contributed by atoms with Gasteiger partial charge >= 0.3 is 6.03 Å². The number of nitrogens with zero attached hydrogens (tertiary/aromatic N) is 3. The highest BCUT2D eigenvalue weighted by molar-refractivity contribution is 7.10. The first-order valence-corrected chi connectivity index (χ1v) is 14.0. The molecule has 0 spiro atoms. The lowest BCUT2D eigenvalue weighted by Crippen LogP contribution is -2.40. The Hall–Kier alpha value is 0.750. The van der Waals surface area contributed by atoms with Crippen molar-refractivity contribution in [3.8, 4) is 0 Å². The Balaban J connectivity index is -0.000000501. The van der Waals surface area contributed by atoms with Gasteiger partial charge in [0.15, 0.2) is 0 Å². The van der Waals surface area contributed by atoms with Gasteiger partial charge in [-0.15, -0.1) is 0 Å². The van der Waals surface area contributed by atoms with Gasteiger partial charge in [0.05, 0.1) is 24.4 Å². The first-order valence-electron chi connectivity index (χ1n) is 12.1. The summed E-state index contributed by atoms with van der Waals surface area (Å²) in [5, 5.41) is 3.04. The molecule has 0 saturated carbocycles. The molecule has 0 aromatic rings. The molecular formula is C22H56N4O5P4. The quantitative estimate of drug-likeness (QED) is 0.276. The lowest BCUT2D eigenvalue weighted by atomic mass is 10.2. The van der Waals surface area contributed by atoms with Gasteiger partial charge in [-0.3, -0.25) is 0 Å². The number of nitrogens with one attached hydrogen (secondary N) is 1. The molecule has 0 radical (unpaired) electrons. The van der Waals surface area contributed by atoms with E-state index in [0.717, 1.165) is 38.8 Å². The highest BCUT2D eigenvalue weighted by Crippen LogP contribution is 2.07. The molecule has 0 bridgehead atoms. The molecule has 0 aliphatic rings. The molecule has 214 valence electrons. The summed E-state index contributed by atoms with van der Waals surface area (Å²) in [5.41, 5.74) is 0. The van der Waals surface area contributed by atoms with Crippen LogP contribution in [-0.2, 0) is 18.1 Å². The summed E-state index contributed by atoms with van der Waals surface area (Å²) < 4.78 is 20.1. The molecule has 0 aromatic heterocycles. The first kappa shape index (κ1) is 40.2. The maximum Gasteiger partial charge on any atom is 0.319 e. The van der Waals surface area contributed by atoms with Crippen molar-refractivity contribution in [2.24, 2.45) is 0 Å². The summed E-state index contributed by atoms with van der Waals surface area (Å²) in [7, 11) is 18.7. The van der Waals surface area contributed by atoms with Crippen molar-refractivity contribution in [1.29, 1.82) is 0 Å². The lowest BCUT2D eigenvalue weighted by molar-refractivity contribution is 0.155. The molecule has 0 fully saturated rings. The highest BCUT2D eigenvalue weighted by atomic mass is 31.0. The maximum atomic E-state index is 12.0. The Bertz CT molecular complexity index is 452. The van der Waals surface area contributed by atoms with E-state index in [2.05, 4.69) is 69.1 Å². The lowest BCUT2D eigenvalue weighted by Gasteiger charge is -2.26. The zero-order valence-corrected chi connectivity index (χ0v) is 28.3. The van der Waals surface area contributed by atoms with Crippen LogP contribution in [0.1, 0.15) is 53.4 Å². The number of urea groups is 1. The highest BCUT2D eigenvalue weighted by Gasteiger charge is 2.15. The molecule has 0 aliphatic heterocycles. The number of carbonyl (C=O) groups excluding carboxylic acids is 1. The van der Waals surface area contributed by atoms with Crippen molar-refractivity contribution in [3.63, 3.8) is 0 Å². The standard InChI is InChI=1S/C11H26N2O3P2.C6H16NOP.C5H14NOP/c1-9(15-17)5-7-12(3)11(14)13(4)8-6-10(2)16-18;1-6(8-9)4-5-7(2)3;1-5(7-8)3-4-6-2/h9-10H,5-8,17-18H2,1-4H3;6H,4-5,9H2,1-3H3;5-6H,3-4,8H2,1-2H3. The second kappa shape index (κ2) is 27.8. The van der Waals surface area contributed by atoms with Crippen LogP contribution in [0.15, 0.2) is 0 Å². The number of hydrogen-bond donors (Lipinski definition) is 1. The molecule has 1 N–H and O–H groups in total. The van der Waals surface area contributed by atoms with Gasteiger partial charge in [0, 0.05) is 65.1 Å². The Kier molecular flexibility index (Phi) is 31.9. The summed E-state index contributed by atoms with van der Waals surface area (Å²) in [6.07, 6.45) is 4.80. The summed E-state index contributed by atoms with van der Waals surface area (Å²) in [4.78, 5) is 17.6. The van der Waals surface area contributed by atoms with Crippen LogP contribution in [0.5, 0.6) is 0 Å². The number of carbonyl (C=O) groups is 1. The van der Waals surface area contributed by atoms with Crippen molar-refractivity contribution in [2.45, 2.75) is 77.8 Å². The Morgan fingerprint density at radius 3 is 1.26 bits per heavy atom. The Morgan fingerprint density at radius 1 is 0.657 bits per heavy atom. The zero-order chi connectivity index (χ0) is 27.8. The molecule has 35 heavy (non-hydrogen) atoms. The van der Waals surface area contributed by atoms with Gasteiger partial charge in [-0.05, 0) is 87.6 Å². The fourth-order valence-electron chi connectivity index (χ4n) is 2.29. The molecule has 9 nitrogen and oxygen atoms in total. The second-order valence-corrected chi connectivity index (χ2v) is 10.1. The molecular weight excluding hydrogens is 524 g/mol. The molecule has 2 amide bonds. The van der Waals surface area contributed by atoms with E-state index in [0.29, 0.717) is 25.3 Å². The third kappa shape index (κ3) is 29.2. The van der Waals surface area contributed by atoms with Gasteiger partial charge in [0.2, 0.25) is 0 Å². The maximum absolute atomic E-state index is 12.0. The Labute approximate surface area is 226 Å². The average molecular weight is 581 g/mol. The second-order valence-electron chi connectivity index (χ2n) is 8.97. The summed E-state index contributed by atoms with van der Waals surface area (Å²) >= 11 is 0. The smallest absolute Gasteiger partial charge is 0.319 e. The van der Waals surface area contributed by atoms with Gasteiger partial charge in [0.1, 0.15) is 0 Å². The van der Waals surface area contributed by atoms with E-state index in [1.165, 1.54) is 0 Å². The molecule has 0 aliphatic carbocycles. The van der Waals surface area contributed by atoms with E-state index in [4.69, 9.17) is 18.1 Å². The summed E-state index contributed by atoms with van der Waals surface area (Å²) in [5.74, 6) is 0. The third-order valence-electron chi connectivity index (χ3n) is 5.11. The molecule has 0 saturated heterocycles. The fourth-order valence-corrected chi connectivity index (χ4v) is 2.84. The number of hydrogen-bond acceptors (Lipinski definition) is 7. The minimum absolute atomic E-state index is 0.0295. The van der Waals surface area contributed by atoms with Crippen LogP contribution in [0.25, 0.3) is 0 Å². The molecule has 8 unspecified atom stereocenters. The first-order chi connectivity index (χ1) is 16.4. The predicted molar refractivity (Wildman–Crippen MR) is 163 cm³/mol. The fraction of sp³-hybridized carbons (Fsp3) is 0.955. The van der Waals surface area contributed by atoms with E-state index < -0.39 is 0 Å². The van der Waals surface area contributed by atoms with Crippen molar-refractivity contribution < 1.29 is 22.9 Å². The van der Waals surface area contributed by atoms with Crippen molar-refractivity contribution in [3.05, 3.63) is 0 Å². The van der Waals surface area contributed by atoms with E-state index in [9.17, 15) is 4.79 Å². The molecule has 13 heteroatoms. The van der Waals surface area contributed by atoms with Crippen LogP contribution in [0, 0.1) is 0 Å². The molecule has 0 rings (SSSR count). The largest absolute Gasteiger partial charge is 0.363 e. The predicted octanol–water partition coefficient (Wildman–Crippen LogP) is 4.07. The molecule has 8 atom stereocenters. The minimum atomic E-state index is 0.0295. The van der Waals surface area contributed by atoms with Crippen LogP contribution >= 0.6 is 37.9 Å². The number of amides is 2. The third-order valence-corrected chi connectivity index (χ3v) is 6.97. The monoisotopic (exact) mass is 580 g/mol. The van der Waals surface area contributed by atoms with Crippen LogP contribution in [-0.4, -0.2) is 107 Å². The van der Waals surface area contributed by atoms with E-state index in [1.807, 2.05) is 41.9 Å². The van der Waals surface area contributed by atoms with Crippen LogP contribution in [0.2, 0.25) is 0 Å². The van der Waals surface area contributed by atoms with Crippen LogP contribution < -0.4 is 5.32 Å². The van der Waals surface area contributed by atoms with Crippen molar-refractivity contribution in [2.75, 3.05) is 61.4 Å². The SMILES string of the molecule is CC(CCN(C)C(=O)N(C)CCC(C)OP)OP.CC(CCN(C)C)OP.CNCCC(C)OP. The normalized spacial score (nSPS) is 14.1. The van der Waals surface area contributed by atoms with Gasteiger partial charge in [-0.1, -0.05) is 0 Å². The van der Waals surface area contributed by atoms with Crippen molar-refractivity contribution in [1.82, 2.24) is 20.0 Å². The molecule has 0 aromatic carbocycles. The Morgan fingerprint density at radius 2 is 0.971 bits per heavy atom. The van der Waals surface area contributed by atoms with Gasteiger partial charge in [0.25, 0.3) is 0 Å². The zero-order valence-electron chi connectivity index (χ0n) is 23.7. The summed E-state index contributed by atoms with van der Waals surface area (Å²) in [6.45, 7) is 11.6. The topological polar surface area (TPSA) is 75.7 Å². The summed E-state index contributed by atoms with van der Waals surface area (Å²) in [6, 6.07) is 0.0295. The minimum Gasteiger partial charge on any atom is -0.363 e. The van der Waals surface area contributed by atoms with Gasteiger partial charge in [-0.25, -0.2) is 4.79 Å². The van der Waals surface area contributed by atoms with E-state index in [-0.39, 0.29) is 18.2 Å². The number of rotatable bonds is 16. The van der Waals surface area contributed by atoms with Gasteiger partial charge < -0.3 is 38.1 Å².